The number of aromatic amines is 1. The van der Waals surface area contributed by atoms with Crippen LogP contribution in [-0.2, 0) is 5.41 Å². The van der Waals surface area contributed by atoms with Gasteiger partial charge in [-0.2, -0.15) is 5.10 Å². The second kappa shape index (κ2) is 5.51. The average molecular weight is 337 g/mol. The van der Waals surface area contributed by atoms with Gasteiger partial charge >= 0.3 is 0 Å². The summed E-state index contributed by atoms with van der Waals surface area (Å²) in [5, 5.41) is 18.4. The summed E-state index contributed by atoms with van der Waals surface area (Å²) in [6.45, 7) is 2.00. The third kappa shape index (κ3) is 2.50. The van der Waals surface area contributed by atoms with Crippen molar-refractivity contribution in [3.05, 3.63) is 81.3 Å². The van der Waals surface area contributed by atoms with E-state index in [4.69, 9.17) is 0 Å². The van der Waals surface area contributed by atoms with E-state index in [0.717, 1.165) is 40.9 Å². The zero-order valence-electron chi connectivity index (χ0n) is 13.6. The minimum absolute atomic E-state index is 0.0575. The van der Waals surface area contributed by atoms with Crippen molar-refractivity contribution in [2.75, 3.05) is 0 Å². The Morgan fingerprint density at radius 2 is 1.76 bits per heavy atom. The largest absolute Gasteiger partial charge is 0.281 e. The summed E-state index contributed by atoms with van der Waals surface area (Å²) in [5.74, 6) is -0.243. The second-order valence-corrected chi connectivity index (χ2v) is 6.47. The molecule has 126 valence electrons. The van der Waals surface area contributed by atoms with E-state index in [1.165, 1.54) is 24.3 Å². The minimum Gasteiger partial charge on any atom is -0.281 e. The molecule has 1 aliphatic rings. The van der Waals surface area contributed by atoms with E-state index in [2.05, 4.69) is 10.2 Å². The second-order valence-electron chi connectivity index (χ2n) is 6.47. The molecule has 1 aliphatic carbocycles. The van der Waals surface area contributed by atoms with Crippen LogP contribution in [0.3, 0.4) is 0 Å². The molecule has 0 amide bonds. The van der Waals surface area contributed by atoms with Gasteiger partial charge in [-0.25, -0.2) is 4.39 Å². The third-order valence-corrected chi connectivity index (χ3v) is 4.99. The van der Waals surface area contributed by atoms with Crippen molar-refractivity contribution in [2.24, 2.45) is 0 Å². The van der Waals surface area contributed by atoms with Gasteiger partial charge in [0.2, 0.25) is 0 Å². The van der Waals surface area contributed by atoms with Crippen molar-refractivity contribution in [1.29, 1.82) is 0 Å². The maximum absolute atomic E-state index is 13.2. The van der Waals surface area contributed by atoms with Crippen LogP contribution in [-0.4, -0.2) is 15.1 Å². The highest BCUT2D eigenvalue weighted by Crippen LogP contribution is 2.54. The molecule has 0 radical (unpaired) electrons. The number of rotatable bonds is 4. The number of nitro benzene ring substituents is 1. The summed E-state index contributed by atoms with van der Waals surface area (Å²) in [6.07, 6.45) is 1.97. The molecule has 0 saturated heterocycles. The van der Waals surface area contributed by atoms with Crippen molar-refractivity contribution >= 4 is 5.69 Å². The molecule has 1 N–H and O–H groups in total. The maximum Gasteiger partial charge on any atom is 0.269 e. The number of aromatic nitrogens is 2. The van der Waals surface area contributed by atoms with Crippen molar-refractivity contribution in [3.63, 3.8) is 0 Å². The molecule has 5 nitrogen and oxygen atoms in total. The fourth-order valence-corrected chi connectivity index (χ4v) is 3.46. The Morgan fingerprint density at radius 3 is 2.32 bits per heavy atom. The molecular formula is C19H16FN3O2. The Hall–Kier alpha value is -3.02. The van der Waals surface area contributed by atoms with Crippen LogP contribution in [0.5, 0.6) is 0 Å². The SMILES string of the molecule is Cc1c(-c2ccc([N+](=O)[O-])cc2)n[nH]c1C1(c2ccc(F)cc2)CC1. The molecule has 0 unspecified atom stereocenters. The van der Waals surface area contributed by atoms with Gasteiger partial charge in [-0.05, 0) is 55.2 Å². The molecular weight excluding hydrogens is 321 g/mol. The Kier molecular flexibility index (Phi) is 3.42. The number of benzene rings is 2. The fraction of sp³-hybridized carbons (Fsp3) is 0.211. The van der Waals surface area contributed by atoms with Gasteiger partial charge in [0.05, 0.1) is 10.6 Å². The summed E-state index contributed by atoms with van der Waals surface area (Å²) in [5.41, 5.74) is 4.68. The molecule has 1 fully saturated rings. The molecule has 1 saturated carbocycles. The standard InChI is InChI=1S/C19H16FN3O2/c1-12-17(13-2-8-16(9-3-13)23(24)25)21-22-18(12)19(10-11-19)14-4-6-15(20)7-5-14/h2-9H,10-11H2,1H3,(H,21,22). The van der Waals surface area contributed by atoms with Gasteiger partial charge in [0.15, 0.2) is 0 Å². The van der Waals surface area contributed by atoms with Crippen LogP contribution in [0.1, 0.15) is 29.7 Å². The lowest BCUT2D eigenvalue weighted by atomic mass is 9.89. The van der Waals surface area contributed by atoms with Crippen LogP contribution in [0.2, 0.25) is 0 Å². The molecule has 2 aromatic carbocycles. The van der Waals surface area contributed by atoms with E-state index in [1.54, 1.807) is 12.1 Å². The van der Waals surface area contributed by atoms with Gasteiger partial charge in [0.25, 0.3) is 5.69 Å². The predicted octanol–water partition coefficient (Wildman–Crippen LogP) is 4.51. The number of halogens is 1. The van der Waals surface area contributed by atoms with Crippen molar-refractivity contribution in [1.82, 2.24) is 10.2 Å². The first kappa shape index (κ1) is 15.5. The molecule has 0 atom stereocenters. The Labute approximate surface area is 143 Å². The van der Waals surface area contributed by atoms with E-state index < -0.39 is 4.92 Å². The van der Waals surface area contributed by atoms with Crippen LogP contribution in [0, 0.1) is 22.9 Å². The molecule has 0 aliphatic heterocycles. The Bertz CT molecular complexity index is 942. The number of non-ortho nitro benzene ring substituents is 1. The van der Waals surface area contributed by atoms with Crippen LogP contribution in [0.4, 0.5) is 10.1 Å². The van der Waals surface area contributed by atoms with E-state index in [0.29, 0.717) is 0 Å². The first-order chi connectivity index (χ1) is 12.0. The van der Waals surface area contributed by atoms with Crippen LogP contribution in [0.25, 0.3) is 11.3 Å². The lowest BCUT2D eigenvalue weighted by molar-refractivity contribution is -0.384. The molecule has 1 aromatic heterocycles. The van der Waals surface area contributed by atoms with Gasteiger partial charge in [-0.15, -0.1) is 0 Å². The normalized spacial score (nSPS) is 15.1. The highest BCUT2D eigenvalue weighted by molar-refractivity contribution is 5.66. The fourth-order valence-electron chi connectivity index (χ4n) is 3.46. The molecule has 25 heavy (non-hydrogen) atoms. The molecule has 0 bridgehead atoms. The van der Waals surface area contributed by atoms with Gasteiger partial charge in [0.1, 0.15) is 5.82 Å². The number of hydrogen-bond acceptors (Lipinski definition) is 3. The van der Waals surface area contributed by atoms with Gasteiger partial charge < -0.3 is 0 Å². The van der Waals surface area contributed by atoms with Crippen LogP contribution < -0.4 is 0 Å². The third-order valence-electron chi connectivity index (χ3n) is 4.99. The highest BCUT2D eigenvalue weighted by atomic mass is 19.1. The summed E-state index contributed by atoms with van der Waals surface area (Å²) in [4.78, 5) is 10.4. The van der Waals surface area contributed by atoms with Gasteiger partial charge in [-0.3, -0.25) is 15.2 Å². The van der Waals surface area contributed by atoms with Gasteiger partial charge in [0, 0.05) is 28.8 Å². The summed E-state index contributed by atoms with van der Waals surface area (Å²) in [6, 6.07) is 13.0. The number of H-pyrrole nitrogens is 1. The van der Waals surface area contributed by atoms with Crippen molar-refractivity contribution in [2.45, 2.75) is 25.2 Å². The number of nitrogens with zero attached hydrogens (tertiary/aromatic N) is 2. The number of hydrogen-bond donors (Lipinski definition) is 1. The van der Waals surface area contributed by atoms with Crippen LogP contribution >= 0.6 is 0 Å². The Morgan fingerprint density at radius 1 is 1.12 bits per heavy atom. The van der Waals surface area contributed by atoms with E-state index in [9.17, 15) is 14.5 Å². The molecule has 0 spiro atoms. The zero-order valence-corrected chi connectivity index (χ0v) is 13.6. The summed E-state index contributed by atoms with van der Waals surface area (Å²) in [7, 11) is 0. The lowest BCUT2D eigenvalue weighted by Crippen LogP contribution is -2.10. The monoisotopic (exact) mass is 337 g/mol. The van der Waals surface area contributed by atoms with Crippen molar-refractivity contribution in [3.8, 4) is 11.3 Å². The van der Waals surface area contributed by atoms with Crippen LogP contribution in [0.15, 0.2) is 48.5 Å². The zero-order chi connectivity index (χ0) is 17.6. The van der Waals surface area contributed by atoms with Gasteiger partial charge in [-0.1, -0.05) is 12.1 Å². The quantitative estimate of drug-likeness (QED) is 0.562. The Balaban J connectivity index is 1.72. The topological polar surface area (TPSA) is 71.8 Å². The first-order valence-corrected chi connectivity index (χ1v) is 8.07. The van der Waals surface area contributed by atoms with Crippen molar-refractivity contribution < 1.29 is 9.31 Å². The van der Waals surface area contributed by atoms with E-state index in [-0.39, 0.29) is 16.9 Å². The smallest absolute Gasteiger partial charge is 0.269 e. The molecule has 4 rings (SSSR count). The maximum atomic E-state index is 13.2. The average Bonchev–Trinajstić information content (AvgIpc) is 3.32. The lowest BCUT2D eigenvalue weighted by Gasteiger charge is -2.15. The minimum atomic E-state index is -0.416. The first-order valence-electron chi connectivity index (χ1n) is 8.07. The number of nitro groups is 1. The summed E-state index contributed by atoms with van der Waals surface area (Å²) >= 11 is 0. The summed E-state index contributed by atoms with van der Waals surface area (Å²) < 4.78 is 13.2. The molecule has 6 heteroatoms. The molecule has 1 heterocycles. The van der Waals surface area contributed by atoms with E-state index >= 15 is 0 Å². The van der Waals surface area contributed by atoms with E-state index in [1.807, 2.05) is 19.1 Å². The number of nitrogens with one attached hydrogen (secondary N) is 1. The molecule has 3 aromatic rings. The highest BCUT2D eigenvalue weighted by Gasteiger charge is 2.48. The predicted molar refractivity (Wildman–Crippen MR) is 91.8 cm³/mol.